The van der Waals surface area contributed by atoms with Crippen LogP contribution in [0.15, 0.2) is 237 Å². The molecule has 296 valence electrons. The van der Waals surface area contributed by atoms with E-state index in [4.69, 9.17) is 0 Å². The van der Waals surface area contributed by atoms with Crippen molar-refractivity contribution in [3.05, 3.63) is 253 Å². The predicted molar refractivity (Wildman–Crippen MR) is 268 cm³/mol. The summed E-state index contributed by atoms with van der Waals surface area (Å²) in [5.74, 6) is 0. The summed E-state index contributed by atoms with van der Waals surface area (Å²) in [6.07, 6.45) is 0.970. The molecule has 1 atom stereocenters. The third-order valence-electron chi connectivity index (χ3n) is 13.8. The molecule has 0 fully saturated rings. The molecule has 0 aliphatic heterocycles. The maximum absolute atomic E-state index is 2.52. The molecular weight excluding hydrogens is 757 g/mol. The van der Waals surface area contributed by atoms with Crippen LogP contribution in [0, 0.1) is 0 Å². The fourth-order valence-corrected chi connectivity index (χ4v) is 11.0. The standard InChI is InChI=1S/C63H44/c1-2-63(48-24-10-5-11-25-48)59-33-19-18-28-52(59)53-35-34-44(41-60(53)63)61-54-29-14-16-31-56(54)62(57-32-17-15-30-55(57)61)58-37-36-49(50-26-12-13-27-51(50)58)47-39-45(42-20-6-3-7-21-42)38-46(40-47)43-22-8-4-9-23-43/h3-41H,2H2,1H3. The highest BCUT2D eigenvalue weighted by atomic mass is 14.4. The molecule has 0 heterocycles. The Bertz CT molecular complexity index is 3410. The Hall–Kier alpha value is -7.80. The second kappa shape index (κ2) is 15.0. The summed E-state index contributed by atoms with van der Waals surface area (Å²) in [5.41, 5.74) is 18.9. The first kappa shape index (κ1) is 37.0. The SMILES string of the molecule is CCC1(c2ccccc2)c2ccccc2-c2ccc(-c3c4ccccc4c(-c4ccc(-c5cc(-c6ccccc6)cc(-c6ccccc6)c5)c5ccccc45)c4ccccc34)cc21. The third kappa shape index (κ3) is 5.83. The van der Waals surface area contributed by atoms with E-state index in [1.807, 2.05) is 0 Å². The van der Waals surface area contributed by atoms with Gasteiger partial charge in [-0.2, -0.15) is 0 Å². The van der Waals surface area contributed by atoms with E-state index in [2.05, 4.69) is 244 Å². The van der Waals surface area contributed by atoms with Crippen molar-refractivity contribution in [2.45, 2.75) is 18.8 Å². The van der Waals surface area contributed by atoms with Gasteiger partial charge in [-0.1, -0.05) is 219 Å². The Labute approximate surface area is 369 Å². The van der Waals surface area contributed by atoms with E-state index in [9.17, 15) is 0 Å². The first-order chi connectivity index (χ1) is 31.2. The summed E-state index contributed by atoms with van der Waals surface area (Å²) in [6, 6.07) is 88.0. The maximum Gasteiger partial charge on any atom is 0.0461 e. The molecule has 1 aliphatic rings. The van der Waals surface area contributed by atoms with Crippen LogP contribution in [0.3, 0.4) is 0 Å². The zero-order chi connectivity index (χ0) is 41.9. The number of hydrogen-bond donors (Lipinski definition) is 0. The Morgan fingerprint density at radius 2 is 0.698 bits per heavy atom. The number of benzene rings is 11. The van der Waals surface area contributed by atoms with Crippen molar-refractivity contribution in [2.24, 2.45) is 0 Å². The van der Waals surface area contributed by atoms with Crippen molar-refractivity contribution in [2.75, 3.05) is 0 Å². The largest absolute Gasteiger partial charge is 0.0639 e. The van der Waals surface area contributed by atoms with Crippen LogP contribution in [0.1, 0.15) is 30.0 Å². The van der Waals surface area contributed by atoms with Gasteiger partial charge < -0.3 is 0 Å². The molecular formula is C63H44. The van der Waals surface area contributed by atoms with Crippen LogP contribution >= 0.6 is 0 Å². The molecule has 0 radical (unpaired) electrons. The number of hydrogen-bond acceptors (Lipinski definition) is 0. The first-order valence-corrected chi connectivity index (χ1v) is 22.2. The lowest BCUT2D eigenvalue weighted by atomic mass is 9.70. The second-order valence-corrected chi connectivity index (χ2v) is 17.0. The molecule has 0 saturated carbocycles. The van der Waals surface area contributed by atoms with E-state index in [1.165, 1.54) is 116 Å². The molecule has 63 heavy (non-hydrogen) atoms. The van der Waals surface area contributed by atoms with Crippen molar-refractivity contribution in [1.29, 1.82) is 0 Å². The van der Waals surface area contributed by atoms with Gasteiger partial charge in [0.05, 0.1) is 0 Å². The number of rotatable bonds is 7. The molecule has 12 rings (SSSR count). The third-order valence-corrected chi connectivity index (χ3v) is 13.8. The molecule has 1 aliphatic carbocycles. The molecule has 11 aromatic carbocycles. The molecule has 0 spiro atoms. The normalized spacial score (nSPS) is 14.2. The van der Waals surface area contributed by atoms with Gasteiger partial charge in [-0.05, 0) is 146 Å². The molecule has 0 N–H and O–H groups in total. The van der Waals surface area contributed by atoms with Crippen molar-refractivity contribution in [3.8, 4) is 66.8 Å². The highest BCUT2D eigenvalue weighted by Crippen LogP contribution is 2.56. The van der Waals surface area contributed by atoms with Crippen molar-refractivity contribution in [3.63, 3.8) is 0 Å². The lowest BCUT2D eigenvalue weighted by molar-refractivity contribution is 0.609. The topological polar surface area (TPSA) is 0 Å². The Kier molecular flexibility index (Phi) is 8.80. The average Bonchev–Trinajstić information content (AvgIpc) is 3.65. The predicted octanol–water partition coefficient (Wildman–Crippen LogP) is 17.2. The quantitative estimate of drug-likeness (QED) is 0.141. The molecule has 0 aromatic heterocycles. The van der Waals surface area contributed by atoms with Crippen molar-refractivity contribution in [1.82, 2.24) is 0 Å². The van der Waals surface area contributed by atoms with Gasteiger partial charge >= 0.3 is 0 Å². The number of fused-ring (bicyclic) bond motifs is 6. The minimum atomic E-state index is -0.238. The van der Waals surface area contributed by atoms with Gasteiger partial charge in [-0.3, -0.25) is 0 Å². The van der Waals surface area contributed by atoms with Gasteiger partial charge in [0.25, 0.3) is 0 Å². The fourth-order valence-electron chi connectivity index (χ4n) is 11.0. The maximum atomic E-state index is 2.52. The van der Waals surface area contributed by atoms with E-state index in [1.54, 1.807) is 0 Å². The van der Waals surface area contributed by atoms with E-state index in [0.717, 1.165) is 6.42 Å². The van der Waals surface area contributed by atoms with Crippen LogP contribution < -0.4 is 0 Å². The van der Waals surface area contributed by atoms with Gasteiger partial charge in [-0.15, -0.1) is 0 Å². The molecule has 0 bridgehead atoms. The van der Waals surface area contributed by atoms with Crippen LogP contribution in [-0.4, -0.2) is 0 Å². The summed E-state index contributed by atoms with van der Waals surface area (Å²) in [5, 5.41) is 7.53. The summed E-state index contributed by atoms with van der Waals surface area (Å²) < 4.78 is 0. The first-order valence-electron chi connectivity index (χ1n) is 22.2. The molecule has 0 heteroatoms. The van der Waals surface area contributed by atoms with E-state index in [-0.39, 0.29) is 5.41 Å². The summed E-state index contributed by atoms with van der Waals surface area (Å²) >= 11 is 0. The zero-order valence-electron chi connectivity index (χ0n) is 35.2. The second-order valence-electron chi connectivity index (χ2n) is 17.0. The monoisotopic (exact) mass is 800 g/mol. The lowest BCUT2D eigenvalue weighted by Crippen LogP contribution is -2.25. The van der Waals surface area contributed by atoms with E-state index >= 15 is 0 Å². The van der Waals surface area contributed by atoms with Crippen LogP contribution in [-0.2, 0) is 5.41 Å². The van der Waals surface area contributed by atoms with Crippen LogP contribution in [0.25, 0.3) is 99.1 Å². The molecule has 0 amide bonds. The van der Waals surface area contributed by atoms with Crippen molar-refractivity contribution < 1.29 is 0 Å². The average molecular weight is 801 g/mol. The highest BCUT2D eigenvalue weighted by Gasteiger charge is 2.43. The Morgan fingerprint density at radius 1 is 0.270 bits per heavy atom. The van der Waals surface area contributed by atoms with E-state index < -0.39 is 0 Å². The van der Waals surface area contributed by atoms with Crippen LogP contribution in [0.5, 0.6) is 0 Å². The van der Waals surface area contributed by atoms with Crippen LogP contribution in [0.2, 0.25) is 0 Å². The Balaban J connectivity index is 1.08. The van der Waals surface area contributed by atoms with Gasteiger partial charge in [0.15, 0.2) is 0 Å². The minimum Gasteiger partial charge on any atom is -0.0639 e. The van der Waals surface area contributed by atoms with Crippen molar-refractivity contribution >= 4 is 32.3 Å². The van der Waals surface area contributed by atoms with Gasteiger partial charge in [-0.25, -0.2) is 0 Å². The highest BCUT2D eigenvalue weighted by molar-refractivity contribution is 6.24. The van der Waals surface area contributed by atoms with Gasteiger partial charge in [0, 0.05) is 5.41 Å². The van der Waals surface area contributed by atoms with E-state index in [0.29, 0.717) is 0 Å². The zero-order valence-corrected chi connectivity index (χ0v) is 35.2. The summed E-state index contributed by atoms with van der Waals surface area (Å²) in [4.78, 5) is 0. The molecule has 11 aromatic rings. The van der Waals surface area contributed by atoms with Crippen LogP contribution in [0.4, 0.5) is 0 Å². The smallest absolute Gasteiger partial charge is 0.0461 e. The molecule has 0 nitrogen and oxygen atoms in total. The summed E-state index contributed by atoms with van der Waals surface area (Å²) in [6.45, 7) is 2.35. The fraction of sp³-hybridized carbons (Fsp3) is 0.0476. The lowest BCUT2D eigenvalue weighted by Gasteiger charge is -2.32. The summed E-state index contributed by atoms with van der Waals surface area (Å²) in [7, 11) is 0. The Morgan fingerprint density at radius 3 is 1.29 bits per heavy atom. The van der Waals surface area contributed by atoms with Gasteiger partial charge in [0.2, 0.25) is 0 Å². The minimum absolute atomic E-state index is 0.238. The molecule has 1 unspecified atom stereocenters. The molecule has 0 saturated heterocycles. The van der Waals surface area contributed by atoms with Gasteiger partial charge in [0.1, 0.15) is 0 Å².